The zero-order chi connectivity index (χ0) is 38.1. The van der Waals surface area contributed by atoms with Gasteiger partial charge in [0.1, 0.15) is 11.6 Å². The normalized spacial score (nSPS) is 11.4. The molecule has 7 heteroatoms. The van der Waals surface area contributed by atoms with E-state index in [0.29, 0.717) is 17.5 Å². The Bertz CT molecular complexity index is 2810. The smallest absolute Gasteiger partial charge is 0.164 e. The van der Waals surface area contributed by atoms with Crippen LogP contribution in [0.4, 0.5) is 0 Å². The molecule has 10 aromatic rings. The maximum atomic E-state index is 5.21. The van der Waals surface area contributed by atoms with Crippen molar-refractivity contribution in [2.24, 2.45) is 0 Å². The number of imidazole rings is 2. The van der Waals surface area contributed by atoms with Crippen LogP contribution in [0.2, 0.25) is 0 Å². The Labute approximate surface area is 330 Å². The predicted octanol–water partition coefficient (Wildman–Crippen LogP) is 11.8. The zero-order valence-electron chi connectivity index (χ0n) is 31.4. The third kappa shape index (κ3) is 6.45. The van der Waals surface area contributed by atoms with Gasteiger partial charge in [0.25, 0.3) is 0 Å². The molecule has 0 aliphatic rings. The van der Waals surface area contributed by atoms with Crippen LogP contribution in [-0.2, 0) is 6.42 Å². The van der Waals surface area contributed by atoms with Crippen LogP contribution in [0.25, 0.3) is 90.4 Å². The van der Waals surface area contributed by atoms with Gasteiger partial charge in [-0.25, -0.2) is 24.9 Å². The summed E-state index contributed by atoms with van der Waals surface area (Å²) in [6.45, 7) is 2.20. The molecule has 10 rings (SSSR count). The molecule has 0 bridgehead atoms. The van der Waals surface area contributed by atoms with E-state index in [4.69, 9.17) is 24.9 Å². The largest absolute Gasteiger partial charge is 0.292 e. The summed E-state index contributed by atoms with van der Waals surface area (Å²) >= 11 is 0. The van der Waals surface area contributed by atoms with Gasteiger partial charge in [0, 0.05) is 39.2 Å². The predicted molar refractivity (Wildman–Crippen MR) is 230 cm³/mol. The van der Waals surface area contributed by atoms with Crippen molar-refractivity contribution in [3.05, 3.63) is 188 Å². The second-order valence-electron chi connectivity index (χ2n) is 14.1. The van der Waals surface area contributed by atoms with Gasteiger partial charge in [-0.2, -0.15) is 0 Å². The quantitative estimate of drug-likeness (QED) is 0.148. The number of rotatable bonds is 9. The van der Waals surface area contributed by atoms with Gasteiger partial charge in [0.05, 0.1) is 22.1 Å². The lowest BCUT2D eigenvalue weighted by Gasteiger charge is -2.11. The average molecular weight is 736 g/mol. The Morgan fingerprint density at radius 2 is 0.754 bits per heavy atom. The maximum Gasteiger partial charge on any atom is 0.164 e. The van der Waals surface area contributed by atoms with Crippen LogP contribution in [0.15, 0.2) is 182 Å². The van der Waals surface area contributed by atoms with Crippen LogP contribution >= 0.6 is 0 Å². The molecule has 0 N–H and O–H groups in total. The van der Waals surface area contributed by atoms with E-state index in [2.05, 4.69) is 150 Å². The third-order valence-corrected chi connectivity index (χ3v) is 10.3. The molecule has 7 aromatic carbocycles. The van der Waals surface area contributed by atoms with E-state index in [1.165, 1.54) is 5.56 Å². The fourth-order valence-corrected chi connectivity index (χ4v) is 7.55. The fourth-order valence-electron chi connectivity index (χ4n) is 7.55. The molecule has 0 saturated carbocycles. The average Bonchev–Trinajstić information content (AvgIpc) is 3.87. The summed E-state index contributed by atoms with van der Waals surface area (Å²) in [6, 6.07) is 62.5. The van der Waals surface area contributed by atoms with Crippen LogP contribution in [0.1, 0.15) is 18.9 Å². The Hall–Kier alpha value is -7.51. The van der Waals surface area contributed by atoms with Gasteiger partial charge >= 0.3 is 0 Å². The van der Waals surface area contributed by atoms with Crippen LogP contribution in [0.5, 0.6) is 0 Å². The Balaban J connectivity index is 1.14. The number of hydrogen-bond acceptors (Lipinski definition) is 5. The summed E-state index contributed by atoms with van der Waals surface area (Å²) < 4.78 is 4.42. The van der Waals surface area contributed by atoms with Gasteiger partial charge in [0.2, 0.25) is 0 Å². The van der Waals surface area contributed by atoms with Gasteiger partial charge in [-0.1, -0.05) is 135 Å². The summed E-state index contributed by atoms with van der Waals surface area (Å²) in [5, 5.41) is 0. The highest BCUT2D eigenvalue weighted by molar-refractivity contribution is 5.88. The number of nitrogens with zero attached hydrogens (tertiary/aromatic N) is 7. The summed E-state index contributed by atoms with van der Waals surface area (Å²) in [6.07, 6.45) is 2.11. The first-order chi connectivity index (χ1) is 28.2. The Kier molecular flexibility index (Phi) is 8.72. The van der Waals surface area contributed by atoms with E-state index in [1.54, 1.807) is 0 Å². The summed E-state index contributed by atoms with van der Waals surface area (Å²) in [5.74, 6) is 3.50. The highest BCUT2D eigenvalue weighted by atomic mass is 15.1. The second kappa shape index (κ2) is 14.6. The Morgan fingerprint density at radius 3 is 1.18 bits per heavy atom. The molecule has 0 saturated heterocycles. The van der Waals surface area contributed by atoms with Crippen molar-refractivity contribution < 1.29 is 0 Å². The zero-order valence-corrected chi connectivity index (χ0v) is 31.4. The van der Waals surface area contributed by atoms with Gasteiger partial charge in [0.15, 0.2) is 17.5 Å². The molecule has 0 fully saturated rings. The van der Waals surface area contributed by atoms with Crippen LogP contribution in [-0.4, -0.2) is 34.1 Å². The van der Waals surface area contributed by atoms with Crippen LogP contribution in [0.3, 0.4) is 0 Å². The second-order valence-corrected chi connectivity index (χ2v) is 14.1. The number of fused-ring (bicyclic) bond motifs is 2. The van der Waals surface area contributed by atoms with E-state index >= 15 is 0 Å². The molecule has 0 spiro atoms. The molecule has 3 aromatic heterocycles. The van der Waals surface area contributed by atoms with Crippen LogP contribution in [0, 0.1) is 0 Å². The molecule has 0 aliphatic heterocycles. The van der Waals surface area contributed by atoms with Crippen molar-refractivity contribution in [2.45, 2.75) is 19.8 Å². The summed E-state index contributed by atoms with van der Waals surface area (Å²) in [5.41, 5.74) is 11.8. The lowest BCUT2D eigenvalue weighted by molar-refractivity contribution is 0.922. The number of para-hydroxylation sites is 2. The fraction of sp³-hybridized carbons (Fsp3) is 0.0600. The molecule has 0 unspecified atom stereocenters. The first kappa shape index (κ1) is 34.0. The van der Waals surface area contributed by atoms with Crippen molar-refractivity contribution in [3.63, 3.8) is 0 Å². The minimum absolute atomic E-state index is 0.574. The monoisotopic (exact) mass is 735 g/mol. The summed E-state index contributed by atoms with van der Waals surface area (Å²) in [7, 11) is 0. The van der Waals surface area contributed by atoms with Crippen molar-refractivity contribution in [2.75, 3.05) is 0 Å². The molecule has 272 valence electrons. The number of hydrogen-bond donors (Lipinski definition) is 0. The van der Waals surface area contributed by atoms with E-state index in [1.807, 2.05) is 48.5 Å². The minimum atomic E-state index is 0.574. The minimum Gasteiger partial charge on any atom is -0.292 e. The Morgan fingerprint density at radius 1 is 0.368 bits per heavy atom. The first-order valence-corrected chi connectivity index (χ1v) is 19.3. The SMILES string of the molecule is CCCc1ccc(-c2nc(-c3ccc4c(c3)nc(-c3ccccc3)n4-c3ccccc3)nc(-c3ccc4c(c3)nc(-c3ccccc3)n4-c3ccccc3)n2)cc1. The number of benzene rings is 7. The van der Waals surface area contributed by atoms with E-state index < -0.39 is 0 Å². The van der Waals surface area contributed by atoms with Crippen LogP contribution < -0.4 is 0 Å². The highest BCUT2D eigenvalue weighted by Gasteiger charge is 2.20. The topological polar surface area (TPSA) is 74.3 Å². The molecule has 3 heterocycles. The van der Waals surface area contributed by atoms with Gasteiger partial charge < -0.3 is 0 Å². The van der Waals surface area contributed by atoms with Gasteiger partial charge in [-0.3, -0.25) is 9.13 Å². The molecule has 0 amide bonds. The van der Waals surface area contributed by atoms with E-state index in [0.717, 1.165) is 85.7 Å². The molecular formula is C50H37N7. The van der Waals surface area contributed by atoms with Gasteiger partial charge in [-0.15, -0.1) is 0 Å². The standard InChI is InChI=1S/C50H37N7/c1-2-15-34-24-26-35(27-25-34)46-53-47(38-28-30-44-42(32-38)51-49(36-16-7-3-8-17-36)56(44)40-20-11-5-12-21-40)55-48(54-46)39-29-31-45-43(33-39)52-50(37-18-9-4-10-19-37)57(45)41-22-13-6-14-23-41/h3-14,16-33H,2,15H2,1H3. The summed E-state index contributed by atoms with van der Waals surface area (Å²) in [4.78, 5) is 25.8. The third-order valence-electron chi connectivity index (χ3n) is 10.3. The van der Waals surface area contributed by atoms with Crippen molar-refractivity contribution in [1.82, 2.24) is 34.1 Å². The van der Waals surface area contributed by atoms with Crippen molar-refractivity contribution >= 4 is 22.1 Å². The highest BCUT2D eigenvalue weighted by Crippen LogP contribution is 2.34. The van der Waals surface area contributed by atoms with E-state index in [-0.39, 0.29) is 0 Å². The molecule has 0 radical (unpaired) electrons. The lowest BCUT2D eigenvalue weighted by atomic mass is 10.1. The number of aromatic nitrogens is 7. The molecule has 57 heavy (non-hydrogen) atoms. The molecule has 0 atom stereocenters. The van der Waals surface area contributed by atoms with Crippen molar-refractivity contribution in [1.29, 1.82) is 0 Å². The molecule has 0 aliphatic carbocycles. The van der Waals surface area contributed by atoms with Crippen molar-refractivity contribution in [3.8, 4) is 68.3 Å². The van der Waals surface area contributed by atoms with E-state index in [9.17, 15) is 0 Å². The number of aryl methyl sites for hydroxylation is 1. The maximum absolute atomic E-state index is 5.21. The first-order valence-electron chi connectivity index (χ1n) is 19.3. The molecular weight excluding hydrogens is 699 g/mol. The lowest BCUT2D eigenvalue weighted by Crippen LogP contribution is -2.01. The van der Waals surface area contributed by atoms with Gasteiger partial charge in [-0.05, 0) is 72.6 Å². The molecule has 7 nitrogen and oxygen atoms in total.